The molecule has 170 valence electrons. The quantitative estimate of drug-likeness (QED) is 0.555. The fourth-order valence-electron chi connectivity index (χ4n) is 3.65. The topological polar surface area (TPSA) is 97.8 Å². The van der Waals surface area contributed by atoms with E-state index in [0.29, 0.717) is 46.6 Å². The molecule has 2 heterocycles. The third-order valence-corrected chi connectivity index (χ3v) is 8.40. The van der Waals surface area contributed by atoms with Crippen LogP contribution in [0.15, 0.2) is 41.3 Å². The van der Waals surface area contributed by atoms with Crippen LogP contribution in [0.1, 0.15) is 12.8 Å². The third-order valence-electron chi connectivity index (χ3n) is 5.33. The minimum atomic E-state index is -3.70. The van der Waals surface area contributed by atoms with E-state index in [9.17, 15) is 13.2 Å². The van der Waals surface area contributed by atoms with Crippen molar-refractivity contribution < 1.29 is 22.7 Å². The lowest BCUT2D eigenvalue weighted by Crippen LogP contribution is -2.43. The van der Waals surface area contributed by atoms with Crippen LogP contribution in [0.25, 0.3) is 10.2 Å². The predicted molar refractivity (Wildman–Crippen MR) is 124 cm³/mol. The number of amides is 1. The smallest absolute Gasteiger partial charge is 0.243 e. The maximum absolute atomic E-state index is 13.0. The van der Waals surface area contributed by atoms with E-state index in [2.05, 4.69) is 10.3 Å². The number of carbonyl (C=O) groups excluding carboxylic acids is 1. The number of benzene rings is 2. The lowest BCUT2D eigenvalue weighted by molar-refractivity contribution is -0.120. The van der Waals surface area contributed by atoms with E-state index in [1.807, 2.05) is 6.07 Å². The Morgan fingerprint density at radius 2 is 1.88 bits per heavy atom. The fraction of sp³-hybridized carbons (Fsp3) is 0.333. The molecule has 1 aliphatic heterocycles. The minimum Gasteiger partial charge on any atom is -0.493 e. The maximum atomic E-state index is 13.0. The van der Waals surface area contributed by atoms with Gasteiger partial charge in [-0.15, -0.1) is 0 Å². The van der Waals surface area contributed by atoms with E-state index in [4.69, 9.17) is 21.1 Å². The highest BCUT2D eigenvalue weighted by Gasteiger charge is 2.33. The number of carbonyl (C=O) groups is 1. The van der Waals surface area contributed by atoms with Gasteiger partial charge in [0.1, 0.15) is 0 Å². The number of anilines is 1. The molecule has 4 rings (SSSR count). The molecule has 1 amide bonds. The highest BCUT2D eigenvalue weighted by Crippen LogP contribution is 2.36. The number of methoxy groups -OCH3 is 2. The second-order valence-electron chi connectivity index (χ2n) is 7.34. The van der Waals surface area contributed by atoms with Crippen LogP contribution in [-0.4, -0.2) is 50.9 Å². The molecule has 1 N–H and O–H groups in total. The van der Waals surface area contributed by atoms with Crippen molar-refractivity contribution in [3.05, 3.63) is 41.4 Å². The second kappa shape index (κ2) is 9.22. The number of hydrogen-bond acceptors (Lipinski definition) is 7. The molecule has 0 radical (unpaired) electrons. The number of halogens is 1. The molecule has 1 aromatic heterocycles. The van der Waals surface area contributed by atoms with Gasteiger partial charge in [-0.05, 0) is 37.1 Å². The molecule has 1 unspecified atom stereocenters. The van der Waals surface area contributed by atoms with Crippen molar-refractivity contribution in [1.82, 2.24) is 9.29 Å². The predicted octanol–water partition coefficient (Wildman–Crippen LogP) is 4.01. The molecule has 1 fully saturated rings. The summed E-state index contributed by atoms with van der Waals surface area (Å²) in [7, 11) is -0.597. The Morgan fingerprint density at radius 3 is 2.56 bits per heavy atom. The molecule has 2 aromatic carbocycles. The number of nitrogens with one attached hydrogen (secondary N) is 1. The molecule has 11 heteroatoms. The summed E-state index contributed by atoms with van der Waals surface area (Å²) in [6.07, 6.45) is 1.20. The van der Waals surface area contributed by atoms with Crippen molar-refractivity contribution in [3.63, 3.8) is 0 Å². The third kappa shape index (κ3) is 4.54. The minimum absolute atomic E-state index is 0.114. The van der Waals surface area contributed by atoms with Crippen LogP contribution in [0.5, 0.6) is 11.5 Å². The molecular weight excluding hydrogens is 474 g/mol. The zero-order valence-corrected chi connectivity index (χ0v) is 19.9. The van der Waals surface area contributed by atoms with Crippen LogP contribution >= 0.6 is 22.9 Å². The standard InChI is InChI=1S/C21H22ClN3O5S2/c1-29-17-10-16-19(11-18(17)30-2)31-21(23-16)24-20(26)13-4-3-9-25(12-13)32(27,28)15-7-5-14(22)6-8-15/h5-8,10-11,13H,3-4,9,12H2,1-2H3,(H,23,24,26). The van der Waals surface area contributed by atoms with Crippen LogP contribution < -0.4 is 14.8 Å². The first-order valence-corrected chi connectivity index (χ1v) is 12.5. The number of piperidine rings is 1. The van der Waals surface area contributed by atoms with Gasteiger partial charge < -0.3 is 14.8 Å². The van der Waals surface area contributed by atoms with Gasteiger partial charge in [0, 0.05) is 30.2 Å². The summed E-state index contributed by atoms with van der Waals surface area (Å²) in [4.78, 5) is 17.5. The Bertz CT molecular complexity index is 1200. The number of ether oxygens (including phenoxy) is 2. The van der Waals surface area contributed by atoms with Crippen LogP contribution in [0.3, 0.4) is 0 Å². The van der Waals surface area contributed by atoms with Gasteiger partial charge in [-0.2, -0.15) is 4.31 Å². The van der Waals surface area contributed by atoms with Gasteiger partial charge in [0.05, 0.1) is 35.2 Å². The fourth-order valence-corrected chi connectivity index (χ4v) is 6.18. The summed E-state index contributed by atoms with van der Waals surface area (Å²) in [5.74, 6) is 0.413. The molecule has 1 saturated heterocycles. The van der Waals surface area contributed by atoms with Gasteiger partial charge >= 0.3 is 0 Å². The largest absolute Gasteiger partial charge is 0.493 e. The summed E-state index contributed by atoms with van der Waals surface area (Å²) >= 11 is 7.19. The van der Waals surface area contributed by atoms with Crippen molar-refractivity contribution in [2.75, 3.05) is 32.6 Å². The van der Waals surface area contributed by atoms with Gasteiger partial charge in [-0.3, -0.25) is 4.79 Å². The number of thiazole rings is 1. The Kier molecular flexibility index (Phi) is 6.57. The van der Waals surface area contributed by atoms with E-state index < -0.39 is 15.9 Å². The molecular formula is C21H22ClN3O5S2. The first-order valence-electron chi connectivity index (χ1n) is 9.91. The number of sulfonamides is 1. The van der Waals surface area contributed by atoms with Gasteiger partial charge in [-0.25, -0.2) is 13.4 Å². The van der Waals surface area contributed by atoms with Crippen molar-refractivity contribution in [2.45, 2.75) is 17.7 Å². The Hall–Kier alpha value is -2.40. The monoisotopic (exact) mass is 495 g/mol. The SMILES string of the molecule is COc1cc2nc(NC(=O)C3CCCN(S(=O)(=O)c4ccc(Cl)cc4)C3)sc2cc1OC. The van der Waals surface area contributed by atoms with Crippen LogP contribution in [-0.2, 0) is 14.8 Å². The summed E-state index contributed by atoms with van der Waals surface area (Å²) < 4.78 is 38.8. The molecule has 3 aromatic rings. The van der Waals surface area contributed by atoms with E-state index in [0.717, 1.165) is 4.70 Å². The zero-order valence-electron chi connectivity index (χ0n) is 17.5. The molecule has 32 heavy (non-hydrogen) atoms. The molecule has 0 saturated carbocycles. The highest BCUT2D eigenvalue weighted by atomic mass is 35.5. The Labute approximate surface area is 195 Å². The van der Waals surface area contributed by atoms with Gasteiger partial charge in [0.25, 0.3) is 0 Å². The average Bonchev–Trinajstić information content (AvgIpc) is 3.19. The molecule has 1 aliphatic rings. The molecule has 0 aliphatic carbocycles. The van der Waals surface area contributed by atoms with Gasteiger partial charge in [0.15, 0.2) is 16.6 Å². The second-order valence-corrected chi connectivity index (χ2v) is 10.7. The number of fused-ring (bicyclic) bond motifs is 1. The molecule has 0 bridgehead atoms. The summed E-state index contributed by atoms with van der Waals surface area (Å²) in [5, 5.41) is 3.75. The van der Waals surface area contributed by atoms with Crippen LogP contribution in [0.4, 0.5) is 5.13 Å². The summed E-state index contributed by atoms with van der Waals surface area (Å²) in [6.45, 7) is 0.485. The van der Waals surface area contributed by atoms with Crippen molar-refractivity contribution in [1.29, 1.82) is 0 Å². The van der Waals surface area contributed by atoms with Crippen molar-refractivity contribution in [3.8, 4) is 11.5 Å². The first-order chi connectivity index (χ1) is 15.3. The summed E-state index contributed by atoms with van der Waals surface area (Å²) in [5.41, 5.74) is 0.679. The highest BCUT2D eigenvalue weighted by molar-refractivity contribution is 7.89. The average molecular weight is 496 g/mol. The van der Waals surface area contributed by atoms with Gasteiger partial charge in [-0.1, -0.05) is 22.9 Å². The molecule has 8 nitrogen and oxygen atoms in total. The van der Waals surface area contributed by atoms with Gasteiger partial charge in [0.2, 0.25) is 15.9 Å². The zero-order chi connectivity index (χ0) is 22.9. The Morgan fingerprint density at radius 1 is 1.19 bits per heavy atom. The molecule has 0 spiro atoms. The number of aromatic nitrogens is 1. The normalized spacial score (nSPS) is 17.3. The van der Waals surface area contributed by atoms with Crippen LogP contribution in [0.2, 0.25) is 5.02 Å². The van der Waals surface area contributed by atoms with Crippen molar-refractivity contribution in [2.24, 2.45) is 5.92 Å². The molecule has 1 atom stereocenters. The number of hydrogen-bond donors (Lipinski definition) is 1. The van der Waals surface area contributed by atoms with E-state index >= 15 is 0 Å². The van der Waals surface area contributed by atoms with E-state index in [1.165, 1.54) is 27.8 Å². The Balaban J connectivity index is 1.49. The van der Waals surface area contributed by atoms with E-state index in [1.54, 1.807) is 32.4 Å². The lowest BCUT2D eigenvalue weighted by Gasteiger charge is -2.31. The lowest BCUT2D eigenvalue weighted by atomic mass is 9.99. The van der Waals surface area contributed by atoms with Crippen molar-refractivity contribution >= 4 is 54.2 Å². The summed E-state index contributed by atoms with van der Waals surface area (Å²) in [6, 6.07) is 9.60. The number of rotatable bonds is 6. The maximum Gasteiger partial charge on any atom is 0.243 e. The van der Waals surface area contributed by atoms with Crippen LogP contribution in [0, 0.1) is 5.92 Å². The first kappa shape index (κ1) is 22.8. The number of nitrogens with zero attached hydrogens (tertiary/aromatic N) is 2. The van der Waals surface area contributed by atoms with E-state index in [-0.39, 0.29) is 17.3 Å².